The molecule has 0 spiro atoms. The largest absolute Gasteiger partial charge is 0.394 e. The van der Waals surface area contributed by atoms with Gasteiger partial charge >= 0.3 is 0 Å². The van der Waals surface area contributed by atoms with E-state index in [0.29, 0.717) is 13.0 Å². The van der Waals surface area contributed by atoms with Crippen LogP contribution >= 0.6 is 0 Å². The number of aliphatic hydroxyl groups excluding tert-OH is 9. The van der Waals surface area contributed by atoms with Crippen LogP contribution in [-0.2, 0) is 28.8 Å². The van der Waals surface area contributed by atoms with Gasteiger partial charge in [-0.05, 0) is 13.0 Å². The molecule has 22 nitrogen and oxygen atoms in total. The molecule has 0 radical (unpaired) electrons. The predicted molar refractivity (Wildman–Crippen MR) is 184 cm³/mol. The molecule has 22 heteroatoms. The Morgan fingerprint density at radius 1 is 0.358 bits per heavy atom. The summed E-state index contributed by atoms with van der Waals surface area (Å²) in [7, 11) is 0. The maximum Gasteiger partial charge on any atom is 0.221 e. The first-order chi connectivity index (χ1) is 25.2. The van der Waals surface area contributed by atoms with Crippen molar-refractivity contribution in [2.45, 2.75) is 61.6 Å². The van der Waals surface area contributed by atoms with Crippen LogP contribution < -0.4 is 31.9 Å². The van der Waals surface area contributed by atoms with Crippen LogP contribution in [0.4, 0.5) is 0 Å². The van der Waals surface area contributed by atoms with Gasteiger partial charge < -0.3 is 77.9 Å². The quantitative estimate of drug-likeness (QED) is 0.0291. The molecule has 0 atom stereocenters. The molecule has 0 aromatic heterocycles. The zero-order valence-electron chi connectivity index (χ0n) is 30.0. The van der Waals surface area contributed by atoms with Gasteiger partial charge in [0.15, 0.2) is 0 Å². The van der Waals surface area contributed by atoms with E-state index in [0.717, 1.165) is 0 Å². The number of amides is 6. The lowest BCUT2D eigenvalue weighted by Crippen LogP contribution is -2.57. The fourth-order valence-corrected chi connectivity index (χ4v) is 4.40. The highest BCUT2D eigenvalue weighted by Gasteiger charge is 2.31. The summed E-state index contributed by atoms with van der Waals surface area (Å²) < 4.78 is 0. The Bertz CT molecular complexity index is 1040. The van der Waals surface area contributed by atoms with Crippen molar-refractivity contribution < 1.29 is 74.7 Å². The summed E-state index contributed by atoms with van der Waals surface area (Å²) in [4.78, 5) is 75.2. The first-order valence-corrected chi connectivity index (χ1v) is 17.1. The normalized spacial score (nSPS) is 11.9. The summed E-state index contributed by atoms with van der Waals surface area (Å²) in [5, 5.41) is 98.9. The van der Waals surface area contributed by atoms with E-state index in [9.17, 15) is 74.7 Å². The molecule has 6 amide bonds. The molecule has 0 aliphatic carbocycles. The van der Waals surface area contributed by atoms with Crippen LogP contribution in [-0.4, -0.2) is 202 Å². The third-order valence-electron chi connectivity index (χ3n) is 8.15. The van der Waals surface area contributed by atoms with Gasteiger partial charge in [-0.15, -0.1) is 0 Å². The second kappa shape index (κ2) is 27.1. The average Bonchev–Trinajstić information content (AvgIpc) is 3.17. The van der Waals surface area contributed by atoms with Crippen molar-refractivity contribution >= 4 is 35.4 Å². The minimum atomic E-state index is -1.62. The number of hydrogen-bond donors (Lipinski definition) is 15. The van der Waals surface area contributed by atoms with E-state index in [4.69, 9.17) is 0 Å². The molecule has 0 aliphatic heterocycles. The van der Waals surface area contributed by atoms with Crippen molar-refractivity contribution in [1.29, 1.82) is 0 Å². The van der Waals surface area contributed by atoms with Crippen LogP contribution in [0.15, 0.2) is 0 Å². The number of nitrogens with one attached hydrogen (secondary N) is 6. The van der Waals surface area contributed by atoms with E-state index in [2.05, 4.69) is 31.9 Å². The predicted octanol–water partition coefficient (Wildman–Crippen LogP) is -8.14. The van der Waals surface area contributed by atoms with E-state index in [1.807, 2.05) is 4.90 Å². The van der Waals surface area contributed by atoms with Gasteiger partial charge in [-0.1, -0.05) is 0 Å². The zero-order valence-corrected chi connectivity index (χ0v) is 30.0. The zero-order chi connectivity index (χ0) is 40.3. The number of nitrogens with zero attached hydrogens (tertiary/aromatic N) is 1. The summed E-state index contributed by atoms with van der Waals surface area (Å²) in [5.74, 6) is -3.41. The van der Waals surface area contributed by atoms with Crippen LogP contribution in [0.5, 0.6) is 0 Å². The SMILES string of the molecule is O=C(CCC(=O)NC(CO)(CO)CO)NCCCN(CCNC(=O)CCC(=O)NC(CO)(CO)CO)CCNC(=O)CCC(=O)NC(CO)(CO)CO. The van der Waals surface area contributed by atoms with Crippen molar-refractivity contribution in [3.63, 3.8) is 0 Å². The van der Waals surface area contributed by atoms with Crippen molar-refractivity contribution in [1.82, 2.24) is 36.8 Å². The maximum absolute atomic E-state index is 12.3. The molecule has 0 aromatic carbocycles. The Hall–Kier alpha value is -3.58. The van der Waals surface area contributed by atoms with Gasteiger partial charge in [-0.25, -0.2) is 0 Å². The molecule has 308 valence electrons. The van der Waals surface area contributed by atoms with E-state index in [1.165, 1.54) is 0 Å². The van der Waals surface area contributed by atoms with E-state index in [1.54, 1.807) is 0 Å². The minimum absolute atomic E-state index is 0.128. The Balaban J connectivity index is 4.99. The third-order valence-corrected chi connectivity index (χ3v) is 8.15. The number of aliphatic hydroxyl groups is 9. The summed E-state index contributed by atoms with van der Waals surface area (Å²) in [6, 6.07) is 0. The van der Waals surface area contributed by atoms with Gasteiger partial charge in [-0.2, -0.15) is 0 Å². The Labute approximate surface area is 307 Å². The van der Waals surface area contributed by atoms with E-state index < -0.39 is 112 Å². The first kappa shape index (κ1) is 49.4. The minimum Gasteiger partial charge on any atom is -0.394 e. The smallest absolute Gasteiger partial charge is 0.221 e. The highest BCUT2D eigenvalue weighted by atomic mass is 16.3. The van der Waals surface area contributed by atoms with Crippen molar-refractivity contribution in [2.24, 2.45) is 0 Å². The first-order valence-electron chi connectivity index (χ1n) is 17.1. The molecule has 0 rings (SSSR count). The van der Waals surface area contributed by atoms with Gasteiger partial charge in [0.2, 0.25) is 35.4 Å². The van der Waals surface area contributed by atoms with Crippen LogP contribution in [0.3, 0.4) is 0 Å². The summed E-state index contributed by atoms with van der Waals surface area (Å²) in [6.45, 7) is -5.02. The molecule has 0 fully saturated rings. The third kappa shape index (κ3) is 19.9. The number of rotatable bonds is 31. The van der Waals surface area contributed by atoms with Gasteiger partial charge in [0.1, 0.15) is 16.6 Å². The van der Waals surface area contributed by atoms with E-state index >= 15 is 0 Å². The summed E-state index contributed by atoms with van der Waals surface area (Å²) in [6.07, 6.45) is -1.08. The molecule has 53 heavy (non-hydrogen) atoms. The lowest BCUT2D eigenvalue weighted by atomic mass is 10.0. The molecule has 0 saturated heterocycles. The number of carbonyl (C=O) groups excluding carboxylic acids is 6. The van der Waals surface area contributed by atoms with Crippen LogP contribution in [0.1, 0.15) is 44.9 Å². The molecule has 0 aromatic rings. The summed E-state index contributed by atoms with van der Waals surface area (Å²) >= 11 is 0. The molecule has 0 bridgehead atoms. The topological polar surface area (TPSA) is 360 Å². The highest BCUT2D eigenvalue weighted by molar-refractivity contribution is 5.85. The van der Waals surface area contributed by atoms with Crippen molar-refractivity contribution in [3.05, 3.63) is 0 Å². The monoisotopic (exact) mass is 769 g/mol. The second-order valence-electron chi connectivity index (χ2n) is 12.7. The van der Waals surface area contributed by atoms with Crippen molar-refractivity contribution in [2.75, 3.05) is 98.7 Å². The molecule has 15 N–H and O–H groups in total. The molecular formula is C31H59N7O15. The van der Waals surface area contributed by atoms with Crippen molar-refractivity contribution in [3.8, 4) is 0 Å². The number of hydrogen-bond acceptors (Lipinski definition) is 16. The molecule has 0 unspecified atom stereocenters. The second-order valence-corrected chi connectivity index (χ2v) is 12.7. The summed E-state index contributed by atoms with van der Waals surface area (Å²) in [5.41, 5.74) is -4.85. The van der Waals surface area contributed by atoms with Gasteiger partial charge in [0, 0.05) is 71.2 Å². The van der Waals surface area contributed by atoms with Gasteiger partial charge in [-0.3, -0.25) is 33.7 Å². The van der Waals surface area contributed by atoms with Crippen LogP contribution in [0.25, 0.3) is 0 Å². The molecule has 0 saturated carbocycles. The van der Waals surface area contributed by atoms with Gasteiger partial charge in [0.05, 0.1) is 59.5 Å². The highest BCUT2D eigenvalue weighted by Crippen LogP contribution is 2.05. The molecule has 0 aliphatic rings. The lowest BCUT2D eigenvalue weighted by Gasteiger charge is -2.28. The van der Waals surface area contributed by atoms with Crippen LogP contribution in [0, 0.1) is 0 Å². The Kier molecular flexibility index (Phi) is 25.2. The van der Waals surface area contributed by atoms with E-state index in [-0.39, 0.29) is 71.2 Å². The standard InChI is InChI=1S/C31H59N7O15/c39-14-29(15-40,16-41)35-26(51)5-2-23(48)32-8-1-11-38(12-9-33-24(49)3-6-27(52)36-30(17-42,18-43)19-44)13-10-34-25(50)4-7-28(53)37-31(20-45,21-46)22-47/h39-47H,1-22H2,(H,32,48)(H,33,49)(H,34,50)(H,35,51)(H,36,52)(H,37,53). The fraction of sp³-hybridized carbons (Fsp3) is 0.806. The Morgan fingerprint density at radius 3 is 0.868 bits per heavy atom. The average molecular weight is 770 g/mol. The van der Waals surface area contributed by atoms with Crippen LogP contribution in [0.2, 0.25) is 0 Å². The van der Waals surface area contributed by atoms with Gasteiger partial charge in [0.25, 0.3) is 0 Å². The number of carbonyl (C=O) groups is 6. The maximum atomic E-state index is 12.3. The molecule has 0 heterocycles. The Morgan fingerprint density at radius 2 is 0.604 bits per heavy atom. The molecular weight excluding hydrogens is 710 g/mol. The fourth-order valence-electron chi connectivity index (χ4n) is 4.40. The lowest BCUT2D eigenvalue weighted by molar-refractivity contribution is -0.129.